The lowest BCUT2D eigenvalue weighted by atomic mass is 10.2. The van der Waals surface area contributed by atoms with Crippen LogP contribution in [-0.2, 0) is 11.2 Å². The molecule has 0 fully saturated rings. The van der Waals surface area contributed by atoms with Gasteiger partial charge >= 0.3 is 0 Å². The van der Waals surface area contributed by atoms with Crippen molar-refractivity contribution in [1.82, 2.24) is 10.1 Å². The first kappa shape index (κ1) is 19.4. The molecule has 3 rings (SSSR count). The molecule has 1 aromatic carbocycles. The van der Waals surface area contributed by atoms with Crippen molar-refractivity contribution in [1.29, 1.82) is 0 Å². The summed E-state index contributed by atoms with van der Waals surface area (Å²) in [7, 11) is 0. The molecule has 0 saturated heterocycles. The highest BCUT2D eigenvalue weighted by Gasteiger charge is 2.12. The third kappa shape index (κ3) is 5.55. The van der Waals surface area contributed by atoms with Gasteiger partial charge in [0.15, 0.2) is 0 Å². The lowest BCUT2D eigenvalue weighted by Gasteiger charge is -2.11. The molecule has 2 aromatic heterocycles. The van der Waals surface area contributed by atoms with Crippen molar-refractivity contribution in [2.45, 2.75) is 26.7 Å². The van der Waals surface area contributed by atoms with E-state index in [1.165, 1.54) is 0 Å². The van der Waals surface area contributed by atoms with Crippen molar-refractivity contribution in [2.24, 2.45) is 5.92 Å². The summed E-state index contributed by atoms with van der Waals surface area (Å²) in [5.74, 6) is 1.83. The summed E-state index contributed by atoms with van der Waals surface area (Å²) >= 11 is 7.78. The molecule has 0 spiro atoms. The number of amides is 1. The topological polar surface area (TPSA) is 77.2 Å². The van der Waals surface area contributed by atoms with Crippen LogP contribution in [0.4, 0.5) is 5.69 Å². The van der Waals surface area contributed by atoms with E-state index in [9.17, 15) is 4.79 Å². The van der Waals surface area contributed by atoms with Crippen LogP contribution in [0.15, 0.2) is 39.5 Å². The molecular weight excluding hydrogens is 386 g/mol. The minimum atomic E-state index is -0.155. The van der Waals surface area contributed by atoms with Gasteiger partial charge in [-0.15, -0.1) is 0 Å². The van der Waals surface area contributed by atoms with Gasteiger partial charge in [0.1, 0.15) is 5.75 Å². The maximum absolute atomic E-state index is 12.2. The quantitative estimate of drug-likeness (QED) is 0.566. The number of rotatable bonds is 8. The van der Waals surface area contributed by atoms with Gasteiger partial charge in [0.05, 0.1) is 11.6 Å². The van der Waals surface area contributed by atoms with Crippen LogP contribution in [0.5, 0.6) is 5.75 Å². The van der Waals surface area contributed by atoms with Gasteiger partial charge in [-0.1, -0.05) is 30.6 Å². The summed E-state index contributed by atoms with van der Waals surface area (Å²) in [6.07, 6.45) is 0.598. The zero-order valence-electron chi connectivity index (χ0n) is 15.1. The third-order valence-corrected chi connectivity index (χ3v) is 4.58. The minimum absolute atomic E-state index is 0.155. The monoisotopic (exact) mass is 405 g/mol. The molecule has 0 atom stereocenters. The highest BCUT2D eigenvalue weighted by atomic mass is 35.5. The number of nitrogens with one attached hydrogen (secondary N) is 1. The highest BCUT2D eigenvalue weighted by Crippen LogP contribution is 2.28. The van der Waals surface area contributed by atoms with Crippen LogP contribution in [0, 0.1) is 5.92 Å². The first-order valence-electron chi connectivity index (χ1n) is 8.58. The molecule has 0 saturated carbocycles. The fourth-order valence-corrected chi connectivity index (χ4v) is 3.13. The molecule has 3 aromatic rings. The van der Waals surface area contributed by atoms with E-state index >= 15 is 0 Å². The standard InChI is InChI=1S/C19H20ClN3O3S/c1-12(2)10-25-16-4-3-14(9-15(16)20)21-17(24)5-6-18-22-19(23-26-18)13-7-8-27-11-13/h3-4,7-9,11-12H,5-6,10H2,1-2H3,(H,21,24). The summed E-state index contributed by atoms with van der Waals surface area (Å²) in [4.78, 5) is 16.5. The molecule has 0 unspecified atom stereocenters. The summed E-state index contributed by atoms with van der Waals surface area (Å²) in [6, 6.07) is 7.12. The highest BCUT2D eigenvalue weighted by molar-refractivity contribution is 7.08. The molecule has 2 heterocycles. The van der Waals surface area contributed by atoms with E-state index in [4.69, 9.17) is 20.9 Å². The Hall–Kier alpha value is -2.38. The molecule has 0 aliphatic heterocycles. The predicted octanol–water partition coefficient (Wildman–Crippen LogP) is 5.06. The van der Waals surface area contributed by atoms with E-state index in [1.807, 2.05) is 16.8 Å². The maximum atomic E-state index is 12.2. The fraction of sp³-hybridized carbons (Fsp3) is 0.316. The van der Waals surface area contributed by atoms with Crippen molar-refractivity contribution in [3.8, 4) is 17.1 Å². The number of carbonyl (C=O) groups excluding carboxylic acids is 1. The number of aryl methyl sites for hydroxylation is 1. The van der Waals surface area contributed by atoms with E-state index in [0.717, 1.165) is 5.56 Å². The number of nitrogens with zero attached hydrogens (tertiary/aromatic N) is 2. The van der Waals surface area contributed by atoms with Gasteiger partial charge in [-0.3, -0.25) is 4.79 Å². The molecule has 6 nitrogen and oxygen atoms in total. The average Bonchev–Trinajstić information content (AvgIpc) is 3.30. The second-order valence-corrected chi connectivity index (χ2v) is 7.61. The molecule has 1 amide bonds. The van der Waals surface area contributed by atoms with E-state index < -0.39 is 0 Å². The predicted molar refractivity (Wildman–Crippen MR) is 106 cm³/mol. The molecule has 8 heteroatoms. The lowest BCUT2D eigenvalue weighted by Crippen LogP contribution is -2.12. The summed E-state index contributed by atoms with van der Waals surface area (Å²) in [5.41, 5.74) is 1.53. The molecule has 1 N–H and O–H groups in total. The van der Waals surface area contributed by atoms with Crippen molar-refractivity contribution in [2.75, 3.05) is 11.9 Å². The van der Waals surface area contributed by atoms with Crippen LogP contribution in [0.3, 0.4) is 0 Å². The van der Waals surface area contributed by atoms with Gasteiger partial charge in [0.2, 0.25) is 17.6 Å². The van der Waals surface area contributed by atoms with Gasteiger partial charge < -0.3 is 14.6 Å². The molecule has 27 heavy (non-hydrogen) atoms. The summed E-state index contributed by atoms with van der Waals surface area (Å²) in [5, 5.41) is 11.1. The number of halogens is 1. The van der Waals surface area contributed by atoms with Crippen molar-refractivity contribution < 1.29 is 14.1 Å². The third-order valence-electron chi connectivity index (χ3n) is 3.60. The van der Waals surface area contributed by atoms with Crippen LogP contribution < -0.4 is 10.1 Å². The van der Waals surface area contributed by atoms with Crippen molar-refractivity contribution in [3.05, 3.63) is 45.9 Å². The Morgan fingerprint density at radius 3 is 2.93 bits per heavy atom. The molecule has 0 aliphatic rings. The Balaban J connectivity index is 1.51. The summed E-state index contributed by atoms with van der Waals surface area (Å²) in [6.45, 7) is 4.72. The number of hydrogen-bond donors (Lipinski definition) is 1. The van der Waals surface area contributed by atoms with Crippen LogP contribution >= 0.6 is 22.9 Å². The Morgan fingerprint density at radius 1 is 1.37 bits per heavy atom. The number of ether oxygens (including phenoxy) is 1. The van der Waals surface area contributed by atoms with Crippen LogP contribution in [0.1, 0.15) is 26.2 Å². The number of thiophene rings is 1. The first-order valence-corrected chi connectivity index (χ1v) is 9.90. The Kier molecular flexibility index (Phi) is 6.47. The average molecular weight is 406 g/mol. The Bertz CT molecular complexity index is 894. The fourth-order valence-electron chi connectivity index (χ4n) is 2.26. The number of hydrogen-bond acceptors (Lipinski definition) is 6. The van der Waals surface area contributed by atoms with Crippen LogP contribution in [0.2, 0.25) is 5.02 Å². The Labute approximate surface area is 166 Å². The zero-order valence-corrected chi connectivity index (χ0v) is 16.6. The van der Waals surface area contributed by atoms with Crippen molar-refractivity contribution in [3.63, 3.8) is 0 Å². The molecule has 0 bridgehead atoms. The number of aromatic nitrogens is 2. The van der Waals surface area contributed by atoms with E-state index in [1.54, 1.807) is 29.5 Å². The zero-order chi connectivity index (χ0) is 19.2. The Morgan fingerprint density at radius 2 is 2.22 bits per heavy atom. The van der Waals surface area contributed by atoms with Gasteiger partial charge in [0.25, 0.3) is 0 Å². The van der Waals surface area contributed by atoms with E-state index in [2.05, 4.69) is 29.3 Å². The van der Waals surface area contributed by atoms with Gasteiger partial charge in [-0.05, 0) is 35.6 Å². The number of anilines is 1. The van der Waals surface area contributed by atoms with Crippen LogP contribution in [-0.4, -0.2) is 22.7 Å². The SMILES string of the molecule is CC(C)COc1ccc(NC(=O)CCc2nc(-c3ccsc3)no2)cc1Cl. The molecular formula is C19H20ClN3O3S. The lowest BCUT2D eigenvalue weighted by molar-refractivity contribution is -0.116. The molecule has 0 aliphatic carbocycles. The number of benzene rings is 1. The maximum Gasteiger partial charge on any atom is 0.227 e. The van der Waals surface area contributed by atoms with Crippen LogP contribution in [0.25, 0.3) is 11.4 Å². The van der Waals surface area contributed by atoms with E-state index in [-0.39, 0.29) is 12.3 Å². The van der Waals surface area contributed by atoms with E-state index in [0.29, 0.717) is 47.1 Å². The van der Waals surface area contributed by atoms with Gasteiger partial charge in [-0.25, -0.2) is 0 Å². The van der Waals surface area contributed by atoms with Gasteiger partial charge in [-0.2, -0.15) is 16.3 Å². The van der Waals surface area contributed by atoms with Crippen molar-refractivity contribution >= 4 is 34.5 Å². The largest absolute Gasteiger partial charge is 0.492 e. The first-order chi connectivity index (χ1) is 13.0. The van der Waals surface area contributed by atoms with Gasteiger partial charge in [0, 0.05) is 29.5 Å². The normalized spacial score (nSPS) is 11.0. The smallest absolute Gasteiger partial charge is 0.227 e. The number of carbonyl (C=O) groups is 1. The molecule has 0 radical (unpaired) electrons. The minimum Gasteiger partial charge on any atom is -0.492 e. The molecule has 142 valence electrons. The second kappa shape index (κ2) is 9.01. The second-order valence-electron chi connectivity index (χ2n) is 6.42. The summed E-state index contributed by atoms with van der Waals surface area (Å²) < 4.78 is 10.8.